The number of rotatable bonds is 6. The second kappa shape index (κ2) is 9.48. The molecule has 2 rings (SSSR count). The van der Waals surface area contributed by atoms with Crippen molar-refractivity contribution < 1.29 is 19.1 Å². The summed E-state index contributed by atoms with van der Waals surface area (Å²) in [5.74, 6) is -0.134. The van der Waals surface area contributed by atoms with Gasteiger partial charge in [-0.15, -0.1) is 0 Å². The molecule has 0 spiro atoms. The lowest BCUT2D eigenvalue weighted by molar-refractivity contribution is -0.128. The van der Waals surface area contributed by atoms with Crippen LogP contribution in [0.4, 0.5) is 0 Å². The van der Waals surface area contributed by atoms with Crippen LogP contribution in [0.2, 0.25) is 10.0 Å². The summed E-state index contributed by atoms with van der Waals surface area (Å²) < 4.78 is 11.0. The fourth-order valence-electron chi connectivity index (χ4n) is 2.09. The zero-order valence-corrected chi connectivity index (χ0v) is 16.6. The third kappa shape index (κ3) is 6.34. The second-order valence-corrected chi connectivity index (χ2v) is 6.82. The molecule has 0 bridgehead atoms. The molecule has 2 aromatic rings. The Labute approximate surface area is 167 Å². The van der Waals surface area contributed by atoms with Gasteiger partial charge in [0.1, 0.15) is 11.5 Å². The minimum absolute atomic E-state index is 0.0132. The highest BCUT2D eigenvalue weighted by atomic mass is 35.5. The highest BCUT2D eigenvalue weighted by Gasteiger charge is 2.17. The van der Waals surface area contributed by atoms with Crippen LogP contribution >= 0.6 is 23.2 Å². The van der Waals surface area contributed by atoms with E-state index in [0.29, 0.717) is 22.1 Å². The maximum absolute atomic E-state index is 12.2. The number of hydrogen-bond acceptors (Lipinski definition) is 4. The standard InChI is InChI=1S/C19H20Cl2N2O4/c1-11(2)26-15-6-4-5-13(9-15)19(25)23-22-18(24)12(3)27-17-8-7-14(20)10-16(17)21/h4-12H,1-3H3,(H,22,24)(H,23,25). The average Bonchev–Trinajstić information content (AvgIpc) is 2.61. The van der Waals surface area contributed by atoms with E-state index in [0.717, 1.165) is 0 Å². The van der Waals surface area contributed by atoms with Crippen molar-refractivity contribution in [3.8, 4) is 11.5 Å². The third-order valence-corrected chi connectivity index (χ3v) is 3.86. The first-order valence-electron chi connectivity index (χ1n) is 8.25. The van der Waals surface area contributed by atoms with Crippen LogP contribution in [0.25, 0.3) is 0 Å². The molecule has 0 radical (unpaired) electrons. The molecule has 8 heteroatoms. The summed E-state index contributed by atoms with van der Waals surface area (Å²) in [5, 5.41) is 0.744. The summed E-state index contributed by atoms with van der Waals surface area (Å²) in [4.78, 5) is 24.3. The van der Waals surface area contributed by atoms with Gasteiger partial charge < -0.3 is 9.47 Å². The molecule has 0 saturated carbocycles. The van der Waals surface area contributed by atoms with Crippen molar-refractivity contribution in [1.29, 1.82) is 0 Å². The predicted molar refractivity (Wildman–Crippen MR) is 104 cm³/mol. The minimum Gasteiger partial charge on any atom is -0.491 e. The number of hydrazine groups is 1. The van der Waals surface area contributed by atoms with Crippen LogP contribution in [0.3, 0.4) is 0 Å². The predicted octanol–water partition coefficient (Wildman–Crippen LogP) is 4.01. The maximum Gasteiger partial charge on any atom is 0.279 e. The Kier molecular flexibility index (Phi) is 7.33. The fourth-order valence-corrected chi connectivity index (χ4v) is 2.54. The number of halogens is 2. The van der Waals surface area contributed by atoms with Gasteiger partial charge in [-0.05, 0) is 57.2 Å². The zero-order valence-electron chi connectivity index (χ0n) is 15.1. The molecule has 2 N–H and O–H groups in total. The van der Waals surface area contributed by atoms with Crippen LogP contribution in [0.15, 0.2) is 42.5 Å². The third-order valence-electron chi connectivity index (χ3n) is 3.33. The zero-order chi connectivity index (χ0) is 20.0. The van der Waals surface area contributed by atoms with Gasteiger partial charge in [0.05, 0.1) is 11.1 Å². The van der Waals surface area contributed by atoms with Crippen molar-refractivity contribution in [3.05, 3.63) is 58.1 Å². The normalized spacial score (nSPS) is 11.6. The monoisotopic (exact) mass is 410 g/mol. The van der Waals surface area contributed by atoms with E-state index in [1.165, 1.54) is 13.0 Å². The number of nitrogens with one attached hydrogen (secondary N) is 2. The van der Waals surface area contributed by atoms with Crippen LogP contribution < -0.4 is 20.3 Å². The van der Waals surface area contributed by atoms with Gasteiger partial charge in [-0.25, -0.2) is 0 Å². The molecule has 1 atom stereocenters. The van der Waals surface area contributed by atoms with E-state index >= 15 is 0 Å². The molecule has 0 fully saturated rings. The highest BCUT2D eigenvalue weighted by molar-refractivity contribution is 6.35. The fraction of sp³-hybridized carbons (Fsp3) is 0.263. The first kappa shape index (κ1) is 20.9. The molecule has 6 nitrogen and oxygen atoms in total. The first-order chi connectivity index (χ1) is 12.8. The smallest absolute Gasteiger partial charge is 0.279 e. The topological polar surface area (TPSA) is 76.7 Å². The van der Waals surface area contributed by atoms with E-state index in [1.54, 1.807) is 36.4 Å². The van der Waals surface area contributed by atoms with Gasteiger partial charge in [0.2, 0.25) is 0 Å². The molecular weight excluding hydrogens is 391 g/mol. The van der Waals surface area contributed by atoms with Crippen molar-refractivity contribution in [2.75, 3.05) is 0 Å². The van der Waals surface area contributed by atoms with Crippen molar-refractivity contribution in [3.63, 3.8) is 0 Å². The van der Waals surface area contributed by atoms with E-state index in [-0.39, 0.29) is 11.1 Å². The molecule has 0 heterocycles. The number of amides is 2. The van der Waals surface area contributed by atoms with Gasteiger partial charge in [-0.2, -0.15) is 0 Å². The number of hydrogen-bond donors (Lipinski definition) is 2. The largest absolute Gasteiger partial charge is 0.491 e. The van der Waals surface area contributed by atoms with Gasteiger partial charge >= 0.3 is 0 Å². The lowest BCUT2D eigenvalue weighted by Gasteiger charge is -2.16. The molecule has 2 aromatic carbocycles. The Bertz CT molecular complexity index is 827. The molecule has 0 aromatic heterocycles. The Hall–Kier alpha value is -2.44. The van der Waals surface area contributed by atoms with Gasteiger partial charge in [-0.1, -0.05) is 29.3 Å². The van der Waals surface area contributed by atoms with Crippen molar-refractivity contribution in [2.45, 2.75) is 33.0 Å². The van der Waals surface area contributed by atoms with Crippen LogP contribution in [-0.2, 0) is 4.79 Å². The SMILES string of the molecule is CC(C)Oc1cccc(C(=O)NNC(=O)C(C)Oc2ccc(Cl)cc2Cl)c1. The molecule has 0 aliphatic carbocycles. The quantitative estimate of drug-likeness (QED) is 0.705. The lowest BCUT2D eigenvalue weighted by atomic mass is 10.2. The number of ether oxygens (including phenoxy) is 2. The van der Waals surface area contributed by atoms with Crippen LogP contribution in [0.5, 0.6) is 11.5 Å². The molecule has 144 valence electrons. The lowest BCUT2D eigenvalue weighted by Crippen LogP contribution is -2.47. The Morgan fingerprint density at radius 3 is 2.37 bits per heavy atom. The van der Waals surface area contributed by atoms with Crippen molar-refractivity contribution in [2.24, 2.45) is 0 Å². The average molecular weight is 411 g/mol. The summed E-state index contributed by atoms with van der Waals surface area (Å²) in [6.45, 7) is 5.31. The van der Waals surface area contributed by atoms with Crippen molar-refractivity contribution in [1.82, 2.24) is 10.9 Å². The summed E-state index contributed by atoms with van der Waals surface area (Å²) in [7, 11) is 0. The summed E-state index contributed by atoms with van der Waals surface area (Å²) in [6.07, 6.45) is -0.903. The molecule has 1 unspecified atom stereocenters. The number of benzene rings is 2. The van der Waals surface area contributed by atoms with Gasteiger partial charge in [-0.3, -0.25) is 20.4 Å². The maximum atomic E-state index is 12.2. The first-order valence-corrected chi connectivity index (χ1v) is 9.00. The summed E-state index contributed by atoms with van der Waals surface area (Å²) in [6, 6.07) is 11.3. The van der Waals surface area contributed by atoms with Gasteiger partial charge in [0.15, 0.2) is 6.10 Å². The van der Waals surface area contributed by atoms with E-state index in [9.17, 15) is 9.59 Å². The summed E-state index contributed by atoms with van der Waals surface area (Å²) in [5.41, 5.74) is 5.01. The molecule has 0 aliphatic heterocycles. The van der Waals surface area contributed by atoms with E-state index in [1.807, 2.05) is 13.8 Å². The molecule has 2 amide bonds. The van der Waals surface area contributed by atoms with E-state index < -0.39 is 17.9 Å². The Morgan fingerprint density at radius 2 is 1.70 bits per heavy atom. The summed E-state index contributed by atoms with van der Waals surface area (Å²) >= 11 is 11.8. The van der Waals surface area contributed by atoms with Crippen LogP contribution in [-0.4, -0.2) is 24.0 Å². The Morgan fingerprint density at radius 1 is 0.963 bits per heavy atom. The Balaban J connectivity index is 1.91. The molecule has 27 heavy (non-hydrogen) atoms. The molecule has 0 aliphatic rings. The molecular formula is C19H20Cl2N2O4. The minimum atomic E-state index is -0.889. The molecule has 0 saturated heterocycles. The number of carbonyl (C=O) groups is 2. The van der Waals surface area contributed by atoms with Crippen LogP contribution in [0, 0.1) is 0 Å². The van der Waals surface area contributed by atoms with Crippen LogP contribution in [0.1, 0.15) is 31.1 Å². The number of carbonyl (C=O) groups excluding carboxylic acids is 2. The van der Waals surface area contributed by atoms with Gasteiger partial charge in [0, 0.05) is 10.6 Å². The van der Waals surface area contributed by atoms with E-state index in [2.05, 4.69) is 10.9 Å². The van der Waals surface area contributed by atoms with E-state index in [4.69, 9.17) is 32.7 Å². The second-order valence-electron chi connectivity index (χ2n) is 5.97. The highest BCUT2D eigenvalue weighted by Crippen LogP contribution is 2.28. The van der Waals surface area contributed by atoms with Gasteiger partial charge in [0.25, 0.3) is 11.8 Å². The van der Waals surface area contributed by atoms with Crippen molar-refractivity contribution >= 4 is 35.0 Å².